The fourth-order valence-electron chi connectivity index (χ4n) is 3.69. The highest BCUT2D eigenvalue weighted by Crippen LogP contribution is 2.13. The molecule has 0 radical (unpaired) electrons. The van der Waals surface area contributed by atoms with Gasteiger partial charge in [-0.2, -0.15) is 9.97 Å². The van der Waals surface area contributed by atoms with Crippen LogP contribution in [0.1, 0.15) is 49.9 Å². The average Bonchev–Trinajstić information content (AvgIpc) is 3.41. The number of unbranched alkanes of at least 4 members (excludes halogenated alkanes) is 2. The van der Waals surface area contributed by atoms with Gasteiger partial charge in [0.05, 0.1) is 0 Å². The van der Waals surface area contributed by atoms with E-state index in [4.69, 9.17) is 27.7 Å². The monoisotopic (exact) mass is 490 g/mol. The maximum atomic E-state index is 13.0. The van der Waals surface area contributed by atoms with E-state index in [0.717, 1.165) is 24.8 Å². The molecule has 0 fully saturated rings. The van der Waals surface area contributed by atoms with Crippen molar-refractivity contribution >= 4 is 34.4 Å². The number of nitrogens with zero attached hydrogens (tertiary/aromatic N) is 5. The molecule has 0 bridgehead atoms. The lowest BCUT2D eigenvalue weighted by Gasteiger charge is -2.10. The van der Waals surface area contributed by atoms with Gasteiger partial charge in [-0.3, -0.25) is 13.9 Å². The van der Waals surface area contributed by atoms with Crippen LogP contribution in [-0.2, 0) is 25.9 Å². The van der Waals surface area contributed by atoms with Crippen molar-refractivity contribution in [3.8, 4) is 0 Å². The number of halogens is 2. The topological polar surface area (TPSA) is 112 Å². The van der Waals surface area contributed by atoms with Gasteiger partial charge < -0.3 is 9.51 Å². The van der Waals surface area contributed by atoms with Crippen molar-refractivity contribution in [1.29, 1.82) is 0 Å². The van der Waals surface area contributed by atoms with Gasteiger partial charge in [0.25, 0.3) is 5.56 Å². The average molecular weight is 491 g/mol. The Hall–Kier alpha value is -2.91. The molecule has 0 unspecified atom stereocenters. The summed E-state index contributed by atoms with van der Waals surface area (Å²) in [5, 5.41) is 4.77. The summed E-state index contributed by atoms with van der Waals surface area (Å²) < 4.78 is 8.07. The quantitative estimate of drug-likeness (QED) is 0.265. The van der Waals surface area contributed by atoms with E-state index >= 15 is 0 Å². The first-order chi connectivity index (χ1) is 16.0. The van der Waals surface area contributed by atoms with Gasteiger partial charge in [-0.1, -0.05) is 48.7 Å². The third-order valence-electron chi connectivity index (χ3n) is 5.38. The highest BCUT2D eigenvalue weighted by atomic mass is 35.5. The molecule has 4 aromatic rings. The fourth-order valence-corrected chi connectivity index (χ4v) is 3.99. The lowest BCUT2D eigenvalue weighted by atomic mass is 10.1. The lowest BCUT2D eigenvalue weighted by molar-refractivity contribution is 0.367. The molecule has 0 aliphatic carbocycles. The third kappa shape index (κ3) is 5.36. The molecule has 1 N–H and O–H groups in total. The Morgan fingerprint density at radius 3 is 2.52 bits per heavy atom. The van der Waals surface area contributed by atoms with E-state index in [1.165, 1.54) is 9.13 Å². The van der Waals surface area contributed by atoms with Gasteiger partial charge in [0.15, 0.2) is 17.0 Å². The summed E-state index contributed by atoms with van der Waals surface area (Å²) >= 11 is 11.9. The summed E-state index contributed by atoms with van der Waals surface area (Å²) in [6.45, 7) is 2.78. The van der Waals surface area contributed by atoms with Crippen molar-refractivity contribution in [3.63, 3.8) is 0 Å². The standard InChI is InChI=1S/C22H24Cl2N6O3/c1-2-3-4-11-29-19-18(26-21(24)27-19)20(31)30(22(29)32)12-5-6-17-25-16(28-33-17)13-14-7-9-15(23)10-8-14/h7-10H,2-6,11-13H2,1H3,(H,26,27). The van der Waals surface area contributed by atoms with E-state index in [2.05, 4.69) is 27.0 Å². The molecule has 0 atom stereocenters. The van der Waals surface area contributed by atoms with Crippen LogP contribution in [0.15, 0.2) is 38.4 Å². The zero-order valence-corrected chi connectivity index (χ0v) is 19.7. The number of aromatic amines is 1. The van der Waals surface area contributed by atoms with E-state index in [0.29, 0.717) is 48.2 Å². The van der Waals surface area contributed by atoms with Gasteiger partial charge in [0.2, 0.25) is 11.2 Å². The maximum absolute atomic E-state index is 13.0. The minimum absolute atomic E-state index is 0.0857. The van der Waals surface area contributed by atoms with Crippen LogP contribution < -0.4 is 11.2 Å². The van der Waals surface area contributed by atoms with Crippen molar-refractivity contribution in [2.45, 2.75) is 58.5 Å². The van der Waals surface area contributed by atoms with Gasteiger partial charge in [0, 0.05) is 31.0 Å². The van der Waals surface area contributed by atoms with Crippen LogP contribution in [-0.4, -0.2) is 29.2 Å². The number of fused-ring (bicyclic) bond motifs is 1. The second-order valence-corrected chi connectivity index (χ2v) is 8.63. The number of hydrogen-bond donors (Lipinski definition) is 1. The van der Waals surface area contributed by atoms with Crippen LogP contribution in [0, 0.1) is 0 Å². The highest BCUT2D eigenvalue weighted by molar-refractivity contribution is 6.30. The summed E-state index contributed by atoms with van der Waals surface area (Å²) in [6.07, 6.45) is 4.26. The van der Waals surface area contributed by atoms with E-state index in [1.54, 1.807) is 0 Å². The Kier molecular flexibility index (Phi) is 7.29. The van der Waals surface area contributed by atoms with Crippen LogP contribution in [0.3, 0.4) is 0 Å². The molecule has 0 saturated carbocycles. The number of benzene rings is 1. The molecule has 0 saturated heterocycles. The van der Waals surface area contributed by atoms with E-state index < -0.39 is 5.56 Å². The predicted molar refractivity (Wildman–Crippen MR) is 126 cm³/mol. The number of aryl methyl sites for hydroxylation is 2. The molecule has 33 heavy (non-hydrogen) atoms. The van der Waals surface area contributed by atoms with Gasteiger partial charge in [0.1, 0.15) is 0 Å². The smallest absolute Gasteiger partial charge is 0.332 e. The Balaban J connectivity index is 1.47. The number of H-pyrrole nitrogens is 1. The van der Waals surface area contributed by atoms with Crippen molar-refractivity contribution in [1.82, 2.24) is 29.2 Å². The van der Waals surface area contributed by atoms with Gasteiger partial charge in [-0.15, -0.1) is 0 Å². The zero-order chi connectivity index (χ0) is 23.4. The van der Waals surface area contributed by atoms with Gasteiger partial charge in [-0.05, 0) is 42.1 Å². The first-order valence-corrected chi connectivity index (χ1v) is 11.7. The largest absolute Gasteiger partial charge is 0.339 e. The SMILES string of the molecule is CCCCCn1c(=O)n(CCCc2nc(Cc3ccc(Cl)cc3)no2)c(=O)c2[nH]c(Cl)nc21. The number of rotatable bonds is 10. The highest BCUT2D eigenvalue weighted by Gasteiger charge is 2.17. The maximum Gasteiger partial charge on any atom is 0.332 e. The number of nitrogens with one attached hydrogen (secondary N) is 1. The molecular formula is C22H24Cl2N6O3. The first kappa shape index (κ1) is 23.3. The Bertz CT molecular complexity index is 1350. The molecule has 174 valence electrons. The second-order valence-electron chi connectivity index (χ2n) is 7.84. The normalized spacial score (nSPS) is 11.5. The summed E-state index contributed by atoms with van der Waals surface area (Å²) in [7, 11) is 0. The van der Waals surface area contributed by atoms with Gasteiger partial charge in [-0.25, -0.2) is 4.79 Å². The molecule has 0 amide bonds. The van der Waals surface area contributed by atoms with Crippen LogP contribution in [0.4, 0.5) is 0 Å². The molecule has 11 heteroatoms. The van der Waals surface area contributed by atoms with E-state index in [9.17, 15) is 9.59 Å². The predicted octanol–water partition coefficient (Wildman–Crippen LogP) is 3.99. The Morgan fingerprint density at radius 2 is 1.76 bits per heavy atom. The molecule has 9 nitrogen and oxygen atoms in total. The van der Waals surface area contributed by atoms with Crippen LogP contribution >= 0.6 is 23.2 Å². The first-order valence-electron chi connectivity index (χ1n) is 10.9. The Morgan fingerprint density at radius 1 is 1.00 bits per heavy atom. The third-order valence-corrected chi connectivity index (χ3v) is 5.81. The minimum Gasteiger partial charge on any atom is -0.339 e. The molecular weight excluding hydrogens is 467 g/mol. The van der Waals surface area contributed by atoms with E-state index in [1.807, 2.05) is 24.3 Å². The Labute approximate surface area is 199 Å². The van der Waals surface area contributed by atoms with Crippen molar-refractivity contribution in [3.05, 3.63) is 72.7 Å². The van der Waals surface area contributed by atoms with Crippen LogP contribution in [0.2, 0.25) is 10.3 Å². The van der Waals surface area contributed by atoms with Crippen molar-refractivity contribution < 1.29 is 4.52 Å². The molecule has 0 aliphatic heterocycles. The number of hydrogen-bond acceptors (Lipinski definition) is 6. The van der Waals surface area contributed by atoms with Crippen molar-refractivity contribution in [2.75, 3.05) is 0 Å². The van der Waals surface area contributed by atoms with E-state index in [-0.39, 0.29) is 23.0 Å². The minimum atomic E-state index is -0.435. The zero-order valence-electron chi connectivity index (χ0n) is 18.2. The lowest BCUT2D eigenvalue weighted by Crippen LogP contribution is -2.40. The van der Waals surface area contributed by atoms with Crippen LogP contribution in [0.5, 0.6) is 0 Å². The summed E-state index contributed by atoms with van der Waals surface area (Å²) in [4.78, 5) is 37.3. The van der Waals surface area contributed by atoms with Crippen LogP contribution in [0.25, 0.3) is 11.2 Å². The molecule has 0 spiro atoms. The number of imidazole rings is 1. The fraction of sp³-hybridized carbons (Fsp3) is 0.409. The molecule has 0 aliphatic rings. The molecule has 4 rings (SSSR count). The summed E-state index contributed by atoms with van der Waals surface area (Å²) in [5.41, 5.74) is 0.731. The number of aromatic nitrogens is 6. The second kappa shape index (κ2) is 10.4. The van der Waals surface area contributed by atoms with Gasteiger partial charge >= 0.3 is 5.69 Å². The molecule has 3 heterocycles. The van der Waals surface area contributed by atoms with Crippen molar-refractivity contribution in [2.24, 2.45) is 0 Å². The molecule has 3 aromatic heterocycles. The summed E-state index contributed by atoms with van der Waals surface area (Å²) in [6, 6.07) is 7.45. The molecule has 1 aromatic carbocycles. The summed E-state index contributed by atoms with van der Waals surface area (Å²) in [5.74, 6) is 1.03.